The molecule has 11 nitrogen and oxygen atoms in total. The average molecular weight is 415 g/mol. The molecular formula is C16H25N5O6S. The van der Waals surface area contributed by atoms with Gasteiger partial charge in [-0.2, -0.15) is 9.79 Å². The van der Waals surface area contributed by atoms with Crippen LogP contribution >= 0.6 is 0 Å². The number of hydrogen-bond donors (Lipinski definition) is 1. The third-order valence-electron chi connectivity index (χ3n) is 3.59. The van der Waals surface area contributed by atoms with Gasteiger partial charge in [-0.25, -0.2) is 17.8 Å². The molecule has 2 aromatic rings. The van der Waals surface area contributed by atoms with Crippen molar-refractivity contribution in [1.29, 1.82) is 0 Å². The van der Waals surface area contributed by atoms with Gasteiger partial charge >= 0.3 is 6.09 Å². The predicted octanol–water partition coefficient (Wildman–Crippen LogP) is 1.37. The van der Waals surface area contributed by atoms with Crippen molar-refractivity contribution in [3.8, 4) is 0 Å². The second-order valence-corrected chi connectivity index (χ2v) is 9.23. The zero-order chi connectivity index (χ0) is 21.1. The molecule has 0 aliphatic heterocycles. The van der Waals surface area contributed by atoms with Crippen LogP contribution in [0.4, 0.5) is 10.5 Å². The van der Waals surface area contributed by atoms with Crippen LogP contribution in [-0.2, 0) is 19.6 Å². The number of anilines is 1. The van der Waals surface area contributed by atoms with Crippen LogP contribution in [0.1, 0.15) is 20.8 Å². The van der Waals surface area contributed by atoms with Crippen molar-refractivity contribution in [2.24, 2.45) is 0 Å². The summed E-state index contributed by atoms with van der Waals surface area (Å²) in [5.74, 6) is 0. The lowest BCUT2D eigenvalue weighted by atomic mass is 10.2. The number of aromatic nitrogens is 2. The molecule has 0 spiro atoms. The van der Waals surface area contributed by atoms with E-state index in [0.717, 1.165) is 4.31 Å². The molecule has 0 fully saturated rings. The third-order valence-corrected chi connectivity index (χ3v) is 5.48. The molecule has 0 radical (unpaired) electrons. The Kier molecular flexibility index (Phi) is 6.47. The minimum absolute atomic E-state index is 0.0136. The molecule has 1 aromatic heterocycles. The summed E-state index contributed by atoms with van der Waals surface area (Å²) in [4.78, 5) is 18.2. The summed E-state index contributed by atoms with van der Waals surface area (Å²) in [5.41, 5.74) is 2.62. The van der Waals surface area contributed by atoms with Crippen molar-refractivity contribution in [3.05, 3.63) is 12.1 Å². The van der Waals surface area contributed by atoms with Crippen LogP contribution in [-0.4, -0.2) is 69.0 Å². The Bertz CT molecular complexity index is 935. The van der Waals surface area contributed by atoms with E-state index in [2.05, 4.69) is 15.8 Å². The van der Waals surface area contributed by atoms with Gasteiger partial charge in [-0.05, 0) is 43.2 Å². The first-order valence-corrected chi connectivity index (χ1v) is 9.87. The van der Waals surface area contributed by atoms with Gasteiger partial charge in [-0.15, -0.1) is 0 Å². The largest absolute Gasteiger partial charge is 0.442 e. The van der Waals surface area contributed by atoms with Gasteiger partial charge in [0.1, 0.15) is 10.5 Å². The SMILES string of the molecule is CN(C)c1ccc(S(=O)(=O)N(C)CCONC(=O)OC(C)(C)C)c2nonc12. The summed E-state index contributed by atoms with van der Waals surface area (Å²) >= 11 is 0. The Morgan fingerprint density at radius 1 is 1.18 bits per heavy atom. The van der Waals surface area contributed by atoms with E-state index in [0.29, 0.717) is 11.2 Å². The van der Waals surface area contributed by atoms with Crippen molar-refractivity contribution in [3.63, 3.8) is 0 Å². The molecule has 0 atom stereocenters. The first-order valence-electron chi connectivity index (χ1n) is 8.43. The van der Waals surface area contributed by atoms with E-state index in [1.54, 1.807) is 45.8 Å². The van der Waals surface area contributed by atoms with E-state index < -0.39 is 21.7 Å². The number of carbonyl (C=O) groups excluding carboxylic acids is 1. The smallest absolute Gasteiger partial charge is 0.431 e. The van der Waals surface area contributed by atoms with Gasteiger partial charge in [-0.3, -0.25) is 4.84 Å². The van der Waals surface area contributed by atoms with E-state index in [4.69, 9.17) is 14.2 Å². The summed E-state index contributed by atoms with van der Waals surface area (Å²) < 4.78 is 36.6. The van der Waals surface area contributed by atoms with Gasteiger partial charge in [0.05, 0.1) is 12.3 Å². The lowest BCUT2D eigenvalue weighted by Gasteiger charge is -2.20. The molecule has 12 heteroatoms. The lowest BCUT2D eigenvalue weighted by Crippen LogP contribution is -2.36. The van der Waals surface area contributed by atoms with E-state index >= 15 is 0 Å². The molecule has 0 saturated carbocycles. The number of likely N-dealkylation sites (N-methyl/N-ethyl adjacent to an activating group) is 1. The number of fused-ring (bicyclic) bond motifs is 1. The molecule has 0 aliphatic carbocycles. The zero-order valence-corrected chi connectivity index (χ0v) is 17.5. The molecule has 156 valence electrons. The van der Waals surface area contributed by atoms with Crippen LogP contribution in [0.15, 0.2) is 21.7 Å². The highest BCUT2D eigenvalue weighted by atomic mass is 32.2. The number of amides is 1. The summed E-state index contributed by atoms with van der Waals surface area (Å²) in [5, 5.41) is 7.54. The number of ether oxygens (including phenoxy) is 1. The third kappa shape index (κ3) is 5.09. The quantitative estimate of drug-likeness (QED) is 0.527. The first-order chi connectivity index (χ1) is 12.9. The molecule has 0 bridgehead atoms. The number of nitrogens with one attached hydrogen (secondary N) is 1. The average Bonchev–Trinajstić information content (AvgIpc) is 3.05. The number of carbonyl (C=O) groups is 1. The van der Waals surface area contributed by atoms with Crippen molar-refractivity contribution in [1.82, 2.24) is 20.1 Å². The first kappa shape index (κ1) is 21.9. The minimum Gasteiger partial charge on any atom is -0.442 e. The van der Waals surface area contributed by atoms with Crippen molar-refractivity contribution < 1.29 is 27.4 Å². The Balaban J connectivity index is 2.05. The van der Waals surface area contributed by atoms with E-state index in [-0.39, 0.29) is 23.6 Å². The maximum absolute atomic E-state index is 12.9. The number of benzene rings is 1. The highest BCUT2D eigenvalue weighted by Crippen LogP contribution is 2.29. The van der Waals surface area contributed by atoms with Gasteiger partial charge < -0.3 is 9.64 Å². The summed E-state index contributed by atoms with van der Waals surface area (Å²) in [6.07, 6.45) is -0.757. The van der Waals surface area contributed by atoms with E-state index in [9.17, 15) is 13.2 Å². The molecule has 0 unspecified atom stereocenters. The van der Waals surface area contributed by atoms with Gasteiger partial charge in [0.2, 0.25) is 10.0 Å². The molecule has 28 heavy (non-hydrogen) atoms. The molecule has 1 amide bonds. The monoisotopic (exact) mass is 415 g/mol. The van der Waals surface area contributed by atoms with E-state index in [1.165, 1.54) is 13.1 Å². The fourth-order valence-electron chi connectivity index (χ4n) is 2.27. The maximum atomic E-state index is 12.9. The number of hydroxylamine groups is 1. The van der Waals surface area contributed by atoms with Crippen molar-refractivity contribution >= 4 is 32.8 Å². The Morgan fingerprint density at radius 2 is 1.82 bits per heavy atom. The van der Waals surface area contributed by atoms with Crippen LogP contribution in [0, 0.1) is 0 Å². The van der Waals surface area contributed by atoms with Crippen LogP contribution in [0.25, 0.3) is 11.0 Å². The van der Waals surface area contributed by atoms with Crippen LogP contribution < -0.4 is 10.4 Å². The van der Waals surface area contributed by atoms with Crippen molar-refractivity contribution in [2.45, 2.75) is 31.3 Å². The van der Waals surface area contributed by atoms with Crippen LogP contribution in [0.2, 0.25) is 0 Å². The fourth-order valence-corrected chi connectivity index (χ4v) is 3.54. The van der Waals surface area contributed by atoms with Gasteiger partial charge in [0.25, 0.3) is 0 Å². The number of sulfonamides is 1. The molecule has 1 aromatic carbocycles. The normalized spacial score (nSPS) is 12.4. The molecule has 1 N–H and O–H groups in total. The van der Waals surface area contributed by atoms with E-state index in [1.807, 2.05) is 0 Å². The highest BCUT2D eigenvalue weighted by Gasteiger charge is 2.27. The maximum Gasteiger partial charge on any atom is 0.431 e. The van der Waals surface area contributed by atoms with Gasteiger partial charge in [0, 0.05) is 27.7 Å². The molecule has 2 rings (SSSR count). The molecule has 0 aliphatic rings. The Hall–Kier alpha value is -2.44. The predicted molar refractivity (Wildman–Crippen MR) is 101 cm³/mol. The number of hydrogen-bond acceptors (Lipinski definition) is 9. The van der Waals surface area contributed by atoms with Gasteiger partial charge in [-0.1, -0.05) is 0 Å². The van der Waals surface area contributed by atoms with Crippen molar-refractivity contribution in [2.75, 3.05) is 39.2 Å². The molecule has 0 saturated heterocycles. The van der Waals surface area contributed by atoms with Crippen LogP contribution in [0.3, 0.4) is 0 Å². The summed E-state index contributed by atoms with van der Waals surface area (Å²) in [6, 6.07) is 3.08. The Morgan fingerprint density at radius 3 is 2.43 bits per heavy atom. The number of rotatable bonds is 7. The topological polar surface area (TPSA) is 127 Å². The number of nitrogens with zero attached hydrogens (tertiary/aromatic N) is 4. The standard InChI is InChI=1S/C16H25N5O6S/c1-16(2,3)26-15(22)19-25-10-9-21(6)28(23,24)12-8-7-11(20(4)5)13-14(12)18-27-17-13/h7-8H,9-10H2,1-6H3,(H,19,22). The lowest BCUT2D eigenvalue weighted by molar-refractivity contribution is -0.00877. The minimum atomic E-state index is -3.88. The molecular weight excluding hydrogens is 390 g/mol. The molecule has 1 heterocycles. The highest BCUT2D eigenvalue weighted by molar-refractivity contribution is 7.89. The van der Waals surface area contributed by atoms with Crippen LogP contribution in [0.5, 0.6) is 0 Å². The zero-order valence-electron chi connectivity index (χ0n) is 16.7. The van der Waals surface area contributed by atoms with Gasteiger partial charge in [0.15, 0.2) is 11.0 Å². The fraction of sp³-hybridized carbons (Fsp3) is 0.562. The second kappa shape index (κ2) is 8.29. The summed E-state index contributed by atoms with van der Waals surface area (Å²) in [6.45, 7) is 5.06. The Labute approximate surface area is 163 Å². The second-order valence-electron chi connectivity index (χ2n) is 7.22. The summed E-state index contributed by atoms with van der Waals surface area (Å²) in [7, 11) is 1.12.